The number of aromatic nitrogens is 3. The standard InChI is InChI=1S/C19H22N4OS/c1-4-23-11-15(20-12-23)18-17(14-8-6-5-7-9-14)22-19(25-18)21-16(24)10-13(2)3/h5-9,11-13H,4,10H2,1-3H3,(H,21,22,24). The van der Waals surface area contributed by atoms with Crippen LogP contribution in [0.3, 0.4) is 0 Å². The molecule has 0 saturated heterocycles. The quantitative estimate of drug-likeness (QED) is 0.699. The Morgan fingerprint density at radius 3 is 2.68 bits per heavy atom. The third kappa shape index (κ3) is 4.14. The molecule has 3 aromatic rings. The second kappa shape index (κ2) is 7.61. The molecule has 0 fully saturated rings. The first-order valence-corrected chi connectivity index (χ1v) is 9.26. The number of rotatable bonds is 6. The maximum absolute atomic E-state index is 12.1. The summed E-state index contributed by atoms with van der Waals surface area (Å²) < 4.78 is 2.03. The van der Waals surface area contributed by atoms with Crippen LogP contribution in [0.15, 0.2) is 42.9 Å². The molecule has 130 valence electrons. The van der Waals surface area contributed by atoms with Gasteiger partial charge in [-0.1, -0.05) is 55.5 Å². The average Bonchev–Trinajstić information content (AvgIpc) is 3.21. The minimum Gasteiger partial charge on any atom is -0.337 e. The number of aryl methyl sites for hydroxylation is 1. The Bertz CT molecular complexity index is 851. The fourth-order valence-corrected chi connectivity index (χ4v) is 3.50. The smallest absolute Gasteiger partial charge is 0.226 e. The molecule has 1 amide bonds. The Kier molecular flexibility index (Phi) is 5.28. The second-order valence-electron chi connectivity index (χ2n) is 6.30. The van der Waals surface area contributed by atoms with Gasteiger partial charge in [-0.3, -0.25) is 4.79 Å². The first kappa shape index (κ1) is 17.4. The highest BCUT2D eigenvalue weighted by atomic mass is 32.1. The van der Waals surface area contributed by atoms with E-state index in [0.717, 1.165) is 28.4 Å². The highest BCUT2D eigenvalue weighted by Crippen LogP contribution is 2.38. The maximum Gasteiger partial charge on any atom is 0.226 e. The number of thiazole rings is 1. The van der Waals surface area contributed by atoms with Gasteiger partial charge in [-0.25, -0.2) is 9.97 Å². The van der Waals surface area contributed by atoms with Crippen molar-refractivity contribution in [1.29, 1.82) is 0 Å². The van der Waals surface area contributed by atoms with Gasteiger partial charge in [-0.05, 0) is 12.8 Å². The minimum absolute atomic E-state index is 0.00556. The zero-order chi connectivity index (χ0) is 17.8. The second-order valence-corrected chi connectivity index (χ2v) is 7.30. The number of benzene rings is 1. The van der Waals surface area contributed by atoms with Gasteiger partial charge >= 0.3 is 0 Å². The van der Waals surface area contributed by atoms with Gasteiger partial charge < -0.3 is 9.88 Å². The van der Waals surface area contributed by atoms with Crippen LogP contribution in [0.4, 0.5) is 5.13 Å². The van der Waals surface area contributed by atoms with Crippen molar-refractivity contribution in [2.45, 2.75) is 33.7 Å². The van der Waals surface area contributed by atoms with E-state index in [4.69, 9.17) is 0 Å². The van der Waals surface area contributed by atoms with E-state index in [2.05, 4.69) is 22.2 Å². The van der Waals surface area contributed by atoms with Crippen molar-refractivity contribution in [2.75, 3.05) is 5.32 Å². The molecular weight excluding hydrogens is 332 g/mol. The molecule has 6 heteroatoms. The van der Waals surface area contributed by atoms with Gasteiger partial charge in [-0.15, -0.1) is 0 Å². The molecule has 0 saturated carbocycles. The van der Waals surface area contributed by atoms with Crippen LogP contribution in [0.2, 0.25) is 0 Å². The highest BCUT2D eigenvalue weighted by Gasteiger charge is 2.18. The third-order valence-corrected chi connectivity index (χ3v) is 4.74. The molecule has 0 unspecified atom stereocenters. The first-order chi connectivity index (χ1) is 12.1. The van der Waals surface area contributed by atoms with Crippen molar-refractivity contribution >= 4 is 22.4 Å². The lowest BCUT2D eigenvalue weighted by molar-refractivity contribution is -0.116. The van der Waals surface area contributed by atoms with Crippen LogP contribution in [0.25, 0.3) is 21.8 Å². The molecule has 2 aromatic heterocycles. The van der Waals surface area contributed by atoms with Gasteiger partial charge in [0.25, 0.3) is 0 Å². The van der Waals surface area contributed by atoms with Gasteiger partial charge in [0.05, 0.1) is 16.9 Å². The monoisotopic (exact) mass is 354 g/mol. The number of anilines is 1. The number of nitrogens with zero attached hydrogens (tertiary/aromatic N) is 3. The van der Waals surface area contributed by atoms with E-state index in [9.17, 15) is 4.79 Å². The van der Waals surface area contributed by atoms with Crippen LogP contribution in [0, 0.1) is 5.92 Å². The Hall–Kier alpha value is -2.47. The summed E-state index contributed by atoms with van der Waals surface area (Å²) in [5.41, 5.74) is 2.75. The molecule has 0 atom stereocenters. The SMILES string of the molecule is CCn1cnc(-c2sc(NC(=O)CC(C)C)nc2-c2ccccc2)c1. The normalized spacial score (nSPS) is 11.0. The van der Waals surface area contributed by atoms with Crippen LogP contribution >= 0.6 is 11.3 Å². The molecule has 1 aromatic carbocycles. The van der Waals surface area contributed by atoms with Crippen molar-refractivity contribution in [2.24, 2.45) is 5.92 Å². The van der Waals surface area contributed by atoms with Crippen molar-refractivity contribution in [3.05, 3.63) is 42.9 Å². The zero-order valence-corrected chi connectivity index (χ0v) is 15.5. The molecule has 0 spiro atoms. The molecular formula is C19H22N4OS. The van der Waals surface area contributed by atoms with Crippen LogP contribution in [0.1, 0.15) is 27.2 Å². The summed E-state index contributed by atoms with van der Waals surface area (Å²) in [6.07, 6.45) is 4.32. The predicted octanol–water partition coefficient (Wildman–Crippen LogP) is 4.68. The molecule has 0 bridgehead atoms. The lowest BCUT2D eigenvalue weighted by Gasteiger charge is -2.03. The average molecular weight is 354 g/mol. The molecule has 25 heavy (non-hydrogen) atoms. The number of carbonyl (C=O) groups is 1. The summed E-state index contributed by atoms with van der Waals surface area (Å²) in [6.45, 7) is 7.00. The van der Waals surface area contributed by atoms with Crippen molar-refractivity contribution in [1.82, 2.24) is 14.5 Å². The Labute approximate surface area is 151 Å². The van der Waals surface area contributed by atoms with E-state index in [0.29, 0.717) is 17.5 Å². The van der Waals surface area contributed by atoms with Crippen molar-refractivity contribution < 1.29 is 4.79 Å². The van der Waals surface area contributed by atoms with Gasteiger partial charge in [0, 0.05) is 24.7 Å². The lowest BCUT2D eigenvalue weighted by atomic mass is 10.1. The molecule has 1 N–H and O–H groups in total. The summed E-state index contributed by atoms with van der Waals surface area (Å²) in [6, 6.07) is 10.00. The lowest BCUT2D eigenvalue weighted by Crippen LogP contribution is -2.13. The van der Waals surface area contributed by atoms with Gasteiger partial charge in [0.15, 0.2) is 5.13 Å². The fourth-order valence-electron chi connectivity index (χ4n) is 2.53. The number of carbonyl (C=O) groups excluding carboxylic acids is 1. The molecule has 2 heterocycles. The van der Waals surface area contributed by atoms with E-state index >= 15 is 0 Å². The Balaban J connectivity index is 1.98. The Morgan fingerprint density at radius 2 is 2.04 bits per heavy atom. The van der Waals surface area contributed by atoms with Crippen LogP contribution in [0.5, 0.6) is 0 Å². The molecule has 0 aliphatic carbocycles. The Morgan fingerprint density at radius 1 is 1.28 bits per heavy atom. The van der Waals surface area contributed by atoms with Gasteiger partial charge in [0.1, 0.15) is 5.69 Å². The van der Waals surface area contributed by atoms with E-state index in [1.807, 2.05) is 61.3 Å². The molecule has 0 radical (unpaired) electrons. The number of amides is 1. The van der Waals surface area contributed by atoms with E-state index in [1.54, 1.807) is 0 Å². The summed E-state index contributed by atoms with van der Waals surface area (Å²) in [4.78, 5) is 22.3. The van der Waals surface area contributed by atoms with Gasteiger partial charge in [0.2, 0.25) is 5.91 Å². The van der Waals surface area contributed by atoms with Crippen LogP contribution < -0.4 is 5.32 Å². The third-order valence-electron chi connectivity index (χ3n) is 3.75. The van der Waals surface area contributed by atoms with Crippen molar-refractivity contribution in [3.63, 3.8) is 0 Å². The zero-order valence-electron chi connectivity index (χ0n) is 14.7. The summed E-state index contributed by atoms with van der Waals surface area (Å²) in [5.74, 6) is 0.308. The van der Waals surface area contributed by atoms with Crippen LogP contribution in [-0.4, -0.2) is 20.4 Å². The molecule has 0 aliphatic heterocycles. The first-order valence-electron chi connectivity index (χ1n) is 8.45. The van der Waals surface area contributed by atoms with E-state index in [-0.39, 0.29) is 5.91 Å². The topological polar surface area (TPSA) is 59.8 Å². The molecule has 3 rings (SSSR count). The molecule has 5 nitrogen and oxygen atoms in total. The van der Waals surface area contributed by atoms with E-state index < -0.39 is 0 Å². The summed E-state index contributed by atoms with van der Waals surface area (Å²) >= 11 is 1.47. The number of nitrogens with one attached hydrogen (secondary N) is 1. The number of hydrogen-bond acceptors (Lipinski definition) is 4. The molecule has 0 aliphatic rings. The highest BCUT2D eigenvalue weighted by molar-refractivity contribution is 7.19. The van der Waals surface area contributed by atoms with E-state index in [1.165, 1.54) is 11.3 Å². The minimum atomic E-state index is -0.00556. The van der Waals surface area contributed by atoms with Crippen molar-refractivity contribution in [3.8, 4) is 21.8 Å². The summed E-state index contributed by atoms with van der Waals surface area (Å²) in [5, 5.41) is 3.54. The fraction of sp³-hybridized carbons (Fsp3) is 0.316. The largest absolute Gasteiger partial charge is 0.337 e. The van der Waals surface area contributed by atoms with Crippen LogP contribution in [-0.2, 0) is 11.3 Å². The number of hydrogen-bond donors (Lipinski definition) is 1. The summed E-state index contributed by atoms with van der Waals surface area (Å²) in [7, 11) is 0. The van der Waals surface area contributed by atoms with Gasteiger partial charge in [-0.2, -0.15) is 0 Å². The predicted molar refractivity (Wildman–Crippen MR) is 103 cm³/mol. The number of imidazole rings is 1. The maximum atomic E-state index is 12.1.